The van der Waals surface area contributed by atoms with Crippen molar-refractivity contribution in [3.05, 3.63) is 0 Å². The number of carboxylic acids is 1. The van der Waals surface area contributed by atoms with Crippen LogP contribution in [-0.2, 0) is 19.1 Å². The van der Waals surface area contributed by atoms with Crippen LogP contribution < -0.4 is 0 Å². The predicted octanol–water partition coefficient (Wildman–Crippen LogP) is 0.214. The molecule has 1 aliphatic rings. The first-order valence-corrected chi connectivity index (χ1v) is 6.99. The zero-order valence-corrected chi connectivity index (χ0v) is 11.2. The summed E-state index contributed by atoms with van der Waals surface area (Å²) in [5, 5.41) is 8.90. The van der Waals surface area contributed by atoms with Crippen molar-refractivity contribution in [2.75, 3.05) is 25.7 Å². The van der Waals surface area contributed by atoms with Gasteiger partial charge in [-0.05, 0) is 18.4 Å². The van der Waals surface area contributed by atoms with Gasteiger partial charge in [0.25, 0.3) is 0 Å². The molecule has 1 saturated heterocycles. The summed E-state index contributed by atoms with van der Waals surface area (Å²) in [5.41, 5.74) is 0. The highest BCUT2D eigenvalue weighted by atomic mass is 32.2. The number of thioether (sulfide) groups is 1. The number of amides is 1. The largest absolute Gasteiger partial charge is 0.481 e. The van der Waals surface area contributed by atoms with E-state index in [1.54, 1.807) is 11.8 Å². The predicted molar refractivity (Wildman–Crippen MR) is 66.3 cm³/mol. The number of methoxy groups -OCH3 is 1. The number of rotatable bonds is 6. The average Bonchev–Trinajstić information content (AvgIpc) is 2.72. The van der Waals surface area contributed by atoms with Crippen LogP contribution in [0.3, 0.4) is 0 Å². The van der Waals surface area contributed by atoms with E-state index in [1.165, 1.54) is 12.0 Å². The molecule has 1 heterocycles. The number of carbonyl (C=O) groups excluding carboxylic acids is 2. The Morgan fingerprint density at radius 3 is 2.72 bits per heavy atom. The van der Waals surface area contributed by atoms with Crippen molar-refractivity contribution in [3.8, 4) is 0 Å². The minimum absolute atomic E-state index is 0.0396. The van der Waals surface area contributed by atoms with Crippen LogP contribution in [0, 0.1) is 5.92 Å². The molecule has 18 heavy (non-hydrogen) atoms. The third-order valence-corrected chi connectivity index (χ3v) is 3.60. The van der Waals surface area contributed by atoms with Gasteiger partial charge in [-0.3, -0.25) is 9.59 Å². The molecule has 0 aromatic heterocycles. The van der Waals surface area contributed by atoms with Crippen LogP contribution in [0.15, 0.2) is 0 Å². The highest BCUT2D eigenvalue weighted by Crippen LogP contribution is 2.23. The van der Waals surface area contributed by atoms with E-state index >= 15 is 0 Å². The Morgan fingerprint density at radius 2 is 2.28 bits per heavy atom. The van der Waals surface area contributed by atoms with Crippen molar-refractivity contribution in [2.24, 2.45) is 5.92 Å². The number of esters is 1. The maximum Gasteiger partial charge on any atom is 0.328 e. The van der Waals surface area contributed by atoms with Gasteiger partial charge in [0.1, 0.15) is 6.04 Å². The highest BCUT2D eigenvalue weighted by molar-refractivity contribution is 7.98. The number of hydrogen-bond acceptors (Lipinski definition) is 5. The highest BCUT2D eigenvalue weighted by Gasteiger charge is 2.40. The van der Waals surface area contributed by atoms with Gasteiger partial charge in [0.2, 0.25) is 5.91 Å². The van der Waals surface area contributed by atoms with Crippen molar-refractivity contribution in [3.63, 3.8) is 0 Å². The van der Waals surface area contributed by atoms with E-state index in [4.69, 9.17) is 5.11 Å². The maximum absolute atomic E-state index is 11.8. The Kier molecular flexibility index (Phi) is 5.46. The molecular formula is C11H17NO5S. The summed E-state index contributed by atoms with van der Waals surface area (Å²) in [5.74, 6) is -1.79. The van der Waals surface area contributed by atoms with Gasteiger partial charge in [0.05, 0.1) is 13.0 Å². The molecule has 2 unspecified atom stereocenters. The summed E-state index contributed by atoms with van der Waals surface area (Å²) >= 11 is 1.56. The summed E-state index contributed by atoms with van der Waals surface area (Å²) in [6.45, 7) is 0.0856. The van der Waals surface area contributed by atoms with Gasteiger partial charge in [0, 0.05) is 13.0 Å². The van der Waals surface area contributed by atoms with Crippen LogP contribution in [0.5, 0.6) is 0 Å². The zero-order valence-electron chi connectivity index (χ0n) is 10.4. The number of aliphatic carboxylic acids is 1. The maximum atomic E-state index is 11.8. The molecule has 1 N–H and O–H groups in total. The molecular weight excluding hydrogens is 258 g/mol. The van der Waals surface area contributed by atoms with Crippen molar-refractivity contribution in [2.45, 2.75) is 18.9 Å². The number of likely N-dealkylation sites (tertiary alicyclic amines) is 1. The fourth-order valence-corrected chi connectivity index (χ4v) is 2.42. The smallest absolute Gasteiger partial charge is 0.328 e. The monoisotopic (exact) mass is 275 g/mol. The number of nitrogens with zero attached hydrogens (tertiary/aromatic N) is 1. The summed E-state index contributed by atoms with van der Waals surface area (Å²) in [6, 6.07) is -0.667. The quantitative estimate of drug-likeness (QED) is 0.698. The van der Waals surface area contributed by atoms with Crippen molar-refractivity contribution in [1.82, 2.24) is 4.90 Å². The summed E-state index contributed by atoms with van der Waals surface area (Å²) in [7, 11) is 1.27. The molecule has 1 amide bonds. The molecule has 1 rings (SSSR count). The van der Waals surface area contributed by atoms with Crippen molar-refractivity contribution in [1.29, 1.82) is 0 Å². The Morgan fingerprint density at radius 1 is 1.61 bits per heavy atom. The molecule has 2 atom stereocenters. The van der Waals surface area contributed by atoms with Crippen molar-refractivity contribution >= 4 is 29.6 Å². The lowest BCUT2D eigenvalue weighted by atomic mass is 10.1. The van der Waals surface area contributed by atoms with Crippen LogP contribution in [0.2, 0.25) is 0 Å². The van der Waals surface area contributed by atoms with Gasteiger partial charge in [-0.25, -0.2) is 4.79 Å². The van der Waals surface area contributed by atoms with Gasteiger partial charge < -0.3 is 14.7 Å². The SMILES string of the molecule is COC(=O)C(CCSC)N1CC(C(=O)O)CC1=O. The topological polar surface area (TPSA) is 83.9 Å². The summed E-state index contributed by atoms with van der Waals surface area (Å²) in [4.78, 5) is 35.6. The molecule has 0 saturated carbocycles. The second-order valence-corrected chi connectivity index (χ2v) is 5.09. The van der Waals surface area contributed by atoms with Crippen molar-refractivity contribution < 1.29 is 24.2 Å². The van der Waals surface area contributed by atoms with Gasteiger partial charge in [-0.1, -0.05) is 0 Å². The van der Waals surface area contributed by atoms with E-state index in [9.17, 15) is 14.4 Å². The zero-order chi connectivity index (χ0) is 13.7. The molecule has 0 aliphatic carbocycles. The first-order chi connectivity index (χ1) is 8.51. The lowest BCUT2D eigenvalue weighted by molar-refractivity contribution is -0.151. The molecule has 1 aliphatic heterocycles. The average molecular weight is 275 g/mol. The Labute approximate surface area is 110 Å². The lowest BCUT2D eigenvalue weighted by Gasteiger charge is -2.25. The number of carbonyl (C=O) groups is 3. The standard InChI is InChI=1S/C11H17NO5S/c1-17-11(16)8(3-4-18-2)12-6-7(10(14)15)5-9(12)13/h7-8H,3-6H2,1-2H3,(H,14,15). The second kappa shape index (κ2) is 6.63. The third-order valence-electron chi connectivity index (χ3n) is 2.95. The van der Waals surface area contributed by atoms with E-state index in [-0.39, 0.29) is 18.9 Å². The number of carboxylic acid groups (broad SMARTS) is 1. The van der Waals surface area contributed by atoms with E-state index in [1.807, 2.05) is 6.26 Å². The van der Waals surface area contributed by atoms with E-state index < -0.39 is 23.9 Å². The summed E-state index contributed by atoms with van der Waals surface area (Å²) < 4.78 is 4.68. The lowest BCUT2D eigenvalue weighted by Crippen LogP contribution is -2.43. The summed E-state index contributed by atoms with van der Waals surface area (Å²) in [6.07, 6.45) is 2.34. The first-order valence-electron chi connectivity index (χ1n) is 5.60. The molecule has 102 valence electrons. The minimum atomic E-state index is -1.00. The van der Waals surface area contributed by atoms with E-state index in [0.29, 0.717) is 12.2 Å². The molecule has 1 fully saturated rings. The van der Waals surface area contributed by atoms with Gasteiger partial charge in [-0.2, -0.15) is 11.8 Å². The fourth-order valence-electron chi connectivity index (χ4n) is 1.96. The van der Waals surface area contributed by atoms with Crippen LogP contribution >= 0.6 is 11.8 Å². The van der Waals surface area contributed by atoms with Gasteiger partial charge >= 0.3 is 11.9 Å². The Bertz CT molecular complexity index is 346. The molecule has 0 aromatic rings. The van der Waals surface area contributed by atoms with E-state index in [2.05, 4.69) is 4.74 Å². The van der Waals surface area contributed by atoms with E-state index in [0.717, 1.165) is 0 Å². The first kappa shape index (κ1) is 14.8. The Hall–Kier alpha value is -1.24. The normalized spacial score (nSPS) is 20.9. The van der Waals surface area contributed by atoms with Crippen LogP contribution in [0.4, 0.5) is 0 Å². The third kappa shape index (κ3) is 3.38. The minimum Gasteiger partial charge on any atom is -0.481 e. The van der Waals surface area contributed by atoms with Crippen LogP contribution in [0.1, 0.15) is 12.8 Å². The molecule has 0 aromatic carbocycles. The molecule has 7 heteroatoms. The number of ether oxygens (including phenoxy) is 1. The fraction of sp³-hybridized carbons (Fsp3) is 0.727. The Balaban J connectivity index is 2.76. The molecule has 0 radical (unpaired) electrons. The van der Waals surface area contributed by atoms with Crippen LogP contribution in [0.25, 0.3) is 0 Å². The molecule has 6 nitrogen and oxygen atoms in total. The van der Waals surface area contributed by atoms with Crippen LogP contribution in [-0.4, -0.2) is 59.6 Å². The molecule has 0 spiro atoms. The number of hydrogen-bond donors (Lipinski definition) is 1. The van der Waals surface area contributed by atoms with Gasteiger partial charge in [-0.15, -0.1) is 0 Å². The second-order valence-electron chi connectivity index (χ2n) is 4.11. The molecule has 0 bridgehead atoms. The van der Waals surface area contributed by atoms with Gasteiger partial charge in [0.15, 0.2) is 0 Å².